The summed E-state index contributed by atoms with van der Waals surface area (Å²) >= 11 is 0. The van der Waals surface area contributed by atoms with Crippen LogP contribution in [0.1, 0.15) is 15.9 Å². The second kappa shape index (κ2) is 4.86. The van der Waals surface area contributed by atoms with Crippen molar-refractivity contribution in [1.29, 1.82) is 0 Å². The molecule has 0 fully saturated rings. The molecule has 2 heterocycles. The lowest BCUT2D eigenvalue weighted by atomic mass is 10.1. The average Bonchev–Trinajstić information content (AvgIpc) is 2.78. The largest absolute Gasteiger partial charge is 0.366 e. The molecular formula is C14H11FN4O2. The first-order valence-electron chi connectivity index (χ1n) is 6.19. The Kier molecular flexibility index (Phi) is 3.02. The summed E-state index contributed by atoms with van der Waals surface area (Å²) in [6.07, 6.45) is 1.58. The second-order valence-electron chi connectivity index (χ2n) is 4.54. The molecule has 0 saturated heterocycles. The number of pyridine rings is 1. The maximum atomic E-state index is 13.8. The van der Waals surface area contributed by atoms with E-state index in [1.54, 1.807) is 24.4 Å². The number of hydrogen-bond donors (Lipinski definition) is 1. The van der Waals surface area contributed by atoms with Gasteiger partial charge in [-0.1, -0.05) is 6.07 Å². The van der Waals surface area contributed by atoms with Crippen LogP contribution in [0.4, 0.5) is 4.39 Å². The Bertz CT molecular complexity index is 897. The summed E-state index contributed by atoms with van der Waals surface area (Å²) in [5, 5.41) is 4.11. The van der Waals surface area contributed by atoms with E-state index in [0.717, 1.165) is 10.7 Å². The molecule has 3 rings (SSSR count). The highest BCUT2D eigenvalue weighted by molar-refractivity contribution is 5.92. The van der Waals surface area contributed by atoms with E-state index >= 15 is 0 Å². The van der Waals surface area contributed by atoms with Crippen LogP contribution >= 0.6 is 0 Å². The van der Waals surface area contributed by atoms with Gasteiger partial charge in [-0.25, -0.2) is 13.9 Å². The van der Waals surface area contributed by atoms with Crippen LogP contribution in [-0.4, -0.2) is 20.1 Å². The number of hydrogen-bond acceptors (Lipinski definition) is 3. The highest BCUT2D eigenvalue weighted by atomic mass is 19.1. The molecule has 2 aromatic heterocycles. The van der Waals surface area contributed by atoms with Gasteiger partial charge >= 0.3 is 5.69 Å². The molecule has 0 radical (unpaired) electrons. The average molecular weight is 286 g/mol. The molecule has 0 aliphatic heterocycles. The summed E-state index contributed by atoms with van der Waals surface area (Å²) in [6, 6.07) is 8.90. The monoisotopic (exact) mass is 286 g/mol. The van der Waals surface area contributed by atoms with Gasteiger partial charge in [-0.3, -0.25) is 9.20 Å². The maximum absolute atomic E-state index is 13.8. The number of rotatable bonds is 3. The van der Waals surface area contributed by atoms with E-state index in [-0.39, 0.29) is 23.4 Å². The van der Waals surface area contributed by atoms with E-state index in [1.165, 1.54) is 16.5 Å². The van der Waals surface area contributed by atoms with Gasteiger partial charge in [0.15, 0.2) is 5.65 Å². The zero-order valence-electron chi connectivity index (χ0n) is 10.9. The molecule has 1 aromatic carbocycles. The standard InChI is InChI=1S/C14H11FN4O2/c15-11-5-4-9(13(16)20)7-10(11)8-19-14(21)18-6-2-1-3-12(18)17-19/h1-7H,8H2,(H2,16,20). The number of nitrogens with zero attached hydrogens (tertiary/aromatic N) is 3. The number of halogens is 1. The topological polar surface area (TPSA) is 82.4 Å². The summed E-state index contributed by atoms with van der Waals surface area (Å²) in [6.45, 7) is -0.0759. The number of benzene rings is 1. The molecule has 3 aromatic rings. The Morgan fingerprint density at radius 2 is 2.10 bits per heavy atom. The summed E-state index contributed by atoms with van der Waals surface area (Å²) in [5.41, 5.74) is 5.62. The zero-order valence-corrected chi connectivity index (χ0v) is 10.9. The van der Waals surface area contributed by atoms with Crippen LogP contribution in [0.2, 0.25) is 0 Å². The minimum Gasteiger partial charge on any atom is -0.366 e. The van der Waals surface area contributed by atoms with Crippen LogP contribution < -0.4 is 11.4 Å². The lowest BCUT2D eigenvalue weighted by Gasteiger charge is -2.04. The zero-order chi connectivity index (χ0) is 15.0. The molecule has 0 unspecified atom stereocenters. The van der Waals surface area contributed by atoms with E-state index in [9.17, 15) is 14.0 Å². The van der Waals surface area contributed by atoms with Crippen molar-refractivity contribution >= 4 is 11.6 Å². The first-order chi connectivity index (χ1) is 10.1. The van der Waals surface area contributed by atoms with Gasteiger partial charge in [-0.15, -0.1) is 5.10 Å². The van der Waals surface area contributed by atoms with Gasteiger partial charge in [0, 0.05) is 17.3 Å². The Balaban J connectivity index is 2.06. The van der Waals surface area contributed by atoms with Crippen molar-refractivity contribution in [2.75, 3.05) is 0 Å². The summed E-state index contributed by atoms with van der Waals surface area (Å²) in [5.74, 6) is -1.18. The van der Waals surface area contributed by atoms with Gasteiger partial charge in [0.25, 0.3) is 0 Å². The van der Waals surface area contributed by atoms with Crippen molar-refractivity contribution in [1.82, 2.24) is 14.2 Å². The van der Waals surface area contributed by atoms with Gasteiger partial charge in [-0.2, -0.15) is 0 Å². The molecule has 2 N–H and O–H groups in total. The number of aromatic nitrogens is 3. The SMILES string of the molecule is NC(=O)c1ccc(F)c(Cn2nc3ccccn3c2=O)c1. The van der Waals surface area contributed by atoms with Gasteiger partial charge in [0.05, 0.1) is 6.54 Å². The first-order valence-corrected chi connectivity index (χ1v) is 6.19. The Labute approximate surface area is 118 Å². The minimum atomic E-state index is -0.654. The third kappa shape index (κ3) is 2.29. The van der Waals surface area contributed by atoms with Crippen molar-refractivity contribution < 1.29 is 9.18 Å². The molecule has 6 nitrogen and oxygen atoms in total. The molecule has 106 valence electrons. The van der Waals surface area contributed by atoms with Crippen LogP contribution in [0.15, 0.2) is 47.4 Å². The normalized spacial score (nSPS) is 10.9. The number of carbonyl (C=O) groups excluding carboxylic acids is 1. The van der Waals surface area contributed by atoms with E-state index in [1.807, 2.05) is 0 Å². The van der Waals surface area contributed by atoms with E-state index in [2.05, 4.69) is 5.10 Å². The van der Waals surface area contributed by atoms with Crippen molar-refractivity contribution in [3.05, 3.63) is 70.0 Å². The van der Waals surface area contributed by atoms with Crippen LogP contribution in [0.5, 0.6) is 0 Å². The Morgan fingerprint density at radius 3 is 2.81 bits per heavy atom. The predicted octanol–water partition coefficient (Wildman–Crippen LogP) is 0.782. The minimum absolute atomic E-state index is 0.0759. The van der Waals surface area contributed by atoms with Crippen LogP contribution in [0, 0.1) is 5.82 Å². The fourth-order valence-electron chi connectivity index (χ4n) is 2.08. The van der Waals surface area contributed by atoms with Crippen LogP contribution in [0.3, 0.4) is 0 Å². The lowest BCUT2D eigenvalue weighted by molar-refractivity contribution is 0.1000. The molecule has 0 bridgehead atoms. The highest BCUT2D eigenvalue weighted by Crippen LogP contribution is 2.11. The second-order valence-corrected chi connectivity index (χ2v) is 4.54. The van der Waals surface area contributed by atoms with Gasteiger partial charge < -0.3 is 5.73 Å². The molecule has 0 spiro atoms. The quantitative estimate of drug-likeness (QED) is 0.772. The van der Waals surface area contributed by atoms with Crippen LogP contribution in [0.25, 0.3) is 5.65 Å². The molecule has 21 heavy (non-hydrogen) atoms. The third-order valence-corrected chi connectivity index (χ3v) is 3.14. The summed E-state index contributed by atoms with van der Waals surface area (Å²) in [7, 11) is 0. The molecule has 0 saturated carbocycles. The lowest BCUT2D eigenvalue weighted by Crippen LogP contribution is -2.22. The van der Waals surface area contributed by atoms with Gasteiger partial charge in [0.2, 0.25) is 5.91 Å². The van der Waals surface area contributed by atoms with Crippen LogP contribution in [-0.2, 0) is 6.54 Å². The fourth-order valence-corrected chi connectivity index (χ4v) is 2.08. The Hall–Kier alpha value is -2.96. The number of nitrogens with two attached hydrogens (primary N) is 1. The van der Waals surface area contributed by atoms with E-state index in [0.29, 0.717) is 5.65 Å². The molecule has 0 atom stereocenters. The fraction of sp³-hybridized carbons (Fsp3) is 0.0714. The van der Waals surface area contributed by atoms with E-state index in [4.69, 9.17) is 5.73 Å². The van der Waals surface area contributed by atoms with Crippen molar-refractivity contribution in [2.45, 2.75) is 6.54 Å². The number of carbonyl (C=O) groups is 1. The van der Waals surface area contributed by atoms with Crippen molar-refractivity contribution in [3.63, 3.8) is 0 Å². The molecule has 0 aliphatic carbocycles. The third-order valence-electron chi connectivity index (χ3n) is 3.14. The number of fused-ring (bicyclic) bond motifs is 1. The predicted molar refractivity (Wildman–Crippen MR) is 73.5 cm³/mol. The van der Waals surface area contributed by atoms with Crippen molar-refractivity contribution in [3.8, 4) is 0 Å². The molecular weight excluding hydrogens is 275 g/mol. The maximum Gasteiger partial charge on any atom is 0.350 e. The number of amides is 1. The summed E-state index contributed by atoms with van der Waals surface area (Å²) in [4.78, 5) is 23.2. The summed E-state index contributed by atoms with van der Waals surface area (Å²) < 4.78 is 16.3. The van der Waals surface area contributed by atoms with E-state index < -0.39 is 11.7 Å². The highest BCUT2D eigenvalue weighted by Gasteiger charge is 2.11. The molecule has 0 aliphatic rings. The van der Waals surface area contributed by atoms with Gasteiger partial charge in [0.1, 0.15) is 5.82 Å². The number of primary amides is 1. The molecule has 1 amide bonds. The Morgan fingerprint density at radius 1 is 1.29 bits per heavy atom. The molecule has 7 heteroatoms. The smallest absolute Gasteiger partial charge is 0.350 e. The van der Waals surface area contributed by atoms with Gasteiger partial charge in [-0.05, 0) is 30.3 Å². The first kappa shape index (κ1) is 13.0. The van der Waals surface area contributed by atoms with Crippen molar-refractivity contribution in [2.24, 2.45) is 5.73 Å².